The highest BCUT2D eigenvalue weighted by atomic mass is 79.9. The Morgan fingerprint density at radius 1 is 1.19 bits per heavy atom. The number of pyridine rings is 1. The first-order chi connectivity index (χ1) is 10.0. The first-order valence-corrected chi connectivity index (χ1v) is 7.07. The molecule has 0 fully saturated rings. The zero-order chi connectivity index (χ0) is 15.2. The number of benzene rings is 1. The van der Waals surface area contributed by atoms with Crippen LogP contribution in [-0.2, 0) is 11.2 Å². The lowest BCUT2D eigenvalue weighted by Crippen LogP contribution is -2.12. The lowest BCUT2D eigenvalue weighted by atomic mass is 10.1. The smallest absolute Gasteiger partial charge is 0.303 e. The van der Waals surface area contributed by atoms with Gasteiger partial charge in [-0.15, -0.1) is 0 Å². The molecule has 5 nitrogen and oxygen atoms in total. The van der Waals surface area contributed by atoms with Crippen LogP contribution < -0.4 is 5.32 Å². The number of nitrogens with zero attached hydrogens (tertiary/aromatic N) is 1. The number of carbonyl (C=O) groups is 2. The Morgan fingerprint density at radius 2 is 1.90 bits per heavy atom. The second-order valence-electron chi connectivity index (χ2n) is 4.41. The van der Waals surface area contributed by atoms with E-state index >= 15 is 0 Å². The molecule has 0 radical (unpaired) electrons. The second kappa shape index (κ2) is 6.99. The number of aryl methyl sites for hydroxylation is 1. The molecule has 0 saturated carbocycles. The lowest BCUT2D eigenvalue weighted by molar-refractivity contribution is -0.136. The maximum atomic E-state index is 12.0. The van der Waals surface area contributed by atoms with Gasteiger partial charge in [-0.1, -0.05) is 12.1 Å². The first-order valence-electron chi connectivity index (χ1n) is 6.28. The minimum atomic E-state index is -0.823. The number of carboxylic acids is 1. The fraction of sp³-hybridized carbons (Fsp3) is 0.133. The van der Waals surface area contributed by atoms with Crippen LogP contribution in [-0.4, -0.2) is 22.0 Å². The van der Waals surface area contributed by atoms with E-state index in [2.05, 4.69) is 26.2 Å². The lowest BCUT2D eigenvalue weighted by Gasteiger charge is -2.06. The fourth-order valence-corrected chi connectivity index (χ4v) is 2.12. The average Bonchev–Trinajstić information content (AvgIpc) is 2.46. The van der Waals surface area contributed by atoms with E-state index in [-0.39, 0.29) is 12.3 Å². The van der Waals surface area contributed by atoms with E-state index in [1.807, 2.05) is 0 Å². The van der Waals surface area contributed by atoms with Crippen LogP contribution in [0.15, 0.2) is 47.2 Å². The van der Waals surface area contributed by atoms with Crippen LogP contribution in [0.25, 0.3) is 0 Å². The summed E-state index contributed by atoms with van der Waals surface area (Å²) >= 11 is 3.22. The largest absolute Gasteiger partial charge is 0.481 e. The number of hydrogen-bond acceptors (Lipinski definition) is 3. The first kappa shape index (κ1) is 15.2. The van der Waals surface area contributed by atoms with Crippen LogP contribution in [0.3, 0.4) is 0 Å². The van der Waals surface area contributed by atoms with E-state index in [1.165, 1.54) is 0 Å². The number of anilines is 1. The van der Waals surface area contributed by atoms with E-state index in [0.29, 0.717) is 22.3 Å². The maximum absolute atomic E-state index is 12.0. The minimum absolute atomic E-state index is 0.0940. The van der Waals surface area contributed by atoms with E-state index in [0.717, 1.165) is 5.56 Å². The molecule has 0 aliphatic carbocycles. The van der Waals surface area contributed by atoms with E-state index < -0.39 is 5.97 Å². The summed E-state index contributed by atoms with van der Waals surface area (Å²) in [5, 5.41) is 11.4. The molecule has 2 N–H and O–H groups in total. The Kier molecular flexibility index (Phi) is 5.05. The van der Waals surface area contributed by atoms with Crippen molar-refractivity contribution in [1.29, 1.82) is 0 Å². The molecule has 0 spiro atoms. The molecule has 1 aromatic heterocycles. The summed E-state index contributed by atoms with van der Waals surface area (Å²) in [4.78, 5) is 26.5. The van der Waals surface area contributed by atoms with Gasteiger partial charge in [0, 0.05) is 23.9 Å². The van der Waals surface area contributed by atoms with E-state index in [1.54, 1.807) is 42.6 Å². The van der Waals surface area contributed by atoms with Gasteiger partial charge in [0.05, 0.1) is 0 Å². The van der Waals surface area contributed by atoms with Crippen molar-refractivity contribution in [2.75, 3.05) is 5.32 Å². The highest BCUT2D eigenvalue weighted by Gasteiger charge is 2.07. The molecule has 6 heteroatoms. The fourth-order valence-electron chi connectivity index (χ4n) is 1.75. The normalized spacial score (nSPS) is 10.1. The molecule has 2 rings (SSSR count). The highest BCUT2D eigenvalue weighted by molar-refractivity contribution is 9.10. The van der Waals surface area contributed by atoms with Gasteiger partial charge in [0.1, 0.15) is 4.60 Å². The summed E-state index contributed by atoms with van der Waals surface area (Å²) in [5.41, 5.74) is 2.08. The Hall–Kier alpha value is -2.21. The van der Waals surface area contributed by atoms with Crippen molar-refractivity contribution in [3.05, 3.63) is 58.3 Å². The van der Waals surface area contributed by atoms with E-state index in [4.69, 9.17) is 5.11 Å². The van der Waals surface area contributed by atoms with Gasteiger partial charge in [-0.3, -0.25) is 9.59 Å². The molecule has 0 atom stereocenters. The zero-order valence-corrected chi connectivity index (χ0v) is 12.6. The monoisotopic (exact) mass is 348 g/mol. The molecule has 108 valence electrons. The third-order valence-corrected chi connectivity index (χ3v) is 3.26. The van der Waals surface area contributed by atoms with Crippen molar-refractivity contribution >= 4 is 33.5 Å². The predicted molar refractivity (Wildman–Crippen MR) is 82.3 cm³/mol. The summed E-state index contributed by atoms with van der Waals surface area (Å²) in [6.45, 7) is 0. The van der Waals surface area contributed by atoms with Crippen molar-refractivity contribution in [3.8, 4) is 0 Å². The van der Waals surface area contributed by atoms with Gasteiger partial charge in [-0.05, 0) is 52.2 Å². The number of carboxylic acid groups (broad SMARTS) is 1. The predicted octanol–water partition coefficient (Wildman–Crippen LogP) is 3.11. The summed E-state index contributed by atoms with van der Waals surface area (Å²) in [6.07, 6.45) is 2.12. The number of carbonyl (C=O) groups excluding carboxylic acids is 1. The van der Waals surface area contributed by atoms with Crippen molar-refractivity contribution in [2.24, 2.45) is 0 Å². The topological polar surface area (TPSA) is 79.3 Å². The van der Waals surface area contributed by atoms with Gasteiger partial charge in [-0.2, -0.15) is 0 Å². The van der Waals surface area contributed by atoms with Crippen LogP contribution >= 0.6 is 15.9 Å². The quantitative estimate of drug-likeness (QED) is 0.813. The molecule has 1 aromatic carbocycles. The van der Waals surface area contributed by atoms with Crippen molar-refractivity contribution in [3.63, 3.8) is 0 Å². The molecule has 0 aliphatic rings. The third-order valence-electron chi connectivity index (χ3n) is 2.83. The van der Waals surface area contributed by atoms with Crippen molar-refractivity contribution < 1.29 is 14.7 Å². The number of nitrogens with one attached hydrogen (secondary N) is 1. The molecule has 1 amide bonds. The number of aliphatic carboxylic acids is 1. The van der Waals surface area contributed by atoms with Gasteiger partial charge in [0.15, 0.2) is 0 Å². The zero-order valence-electron chi connectivity index (χ0n) is 11.0. The van der Waals surface area contributed by atoms with Gasteiger partial charge in [0.2, 0.25) is 0 Å². The van der Waals surface area contributed by atoms with Crippen molar-refractivity contribution in [1.82, 2.24) is 4.98 Å². The summed E-state index contributed by atoms with van der Waals surface area (Å²) < 4.78 is 0.596. The number of hydrogen-bond donors (Lipinski definition) is 2. The van der Waals surface area contributed by atoms with Crippen LogP contribution in [0.1, 0.15) is 22.3 Å². The highest BCUT2D eigenvalue weighted by Crippen LogP contribution is 2.14. The Labute approximate surface area is 130 Å². The molecule has 0 aliphatic heterocycles. The van der Waals surface area contributed by atoms with Crippen LogP contribution in [0.5, 0.6) is 0 Å². The summed E-state index contributed by atoms with van der Waals surface area (Å²) in [7, 11) is 0. The summed E-state index contributed by atoms with van der Waals surface area (Å²) in [5.74, 6) is -1.05. The van der Waals surface area contributed by atoms with Gasteiger partial charge in [0.25, 0.3) is 5.91 Å². The maximum Gasteiger partial charge on any atom is 0.303 e. The standard InChI is InChI=1S/C15H13BrN2O3/c16-13-9-11(7-8-17-13)15(21)18-12-4-1-10(2-5-12)3-6-14(19)20/h1-2,4-5,7-9H,3,6H2,(H,18,21)(H,19,20). The third kappa shape index (κ3) is 4.68. The minimum Gasteiger partial charge on any atom is -0.481 e. The van der Waals surface area contributed by atoms with Crippen molar-refractivity contribution in [2.45, 2.75) is 12.8 Å². The van der Waals surface area contributed by atoms with Gasteiger partial charge < -0.3 is 10.4 Å². The molecule has 0 unspecified atom stereocenters. The second-order valence-corrected chi connectivity index (χ2v) is 5.22. The number of amides is 1. The Morgan fingerprint density at radius 3 is 2.52 bits per heavy atom. The molecule has 0 saturated heterocycles. The number of rotatable bonds is 5. The molecule has 2 aromatic rings. The number of aromatic nitrogens is 1. The SMILES string of the molecule is O=C(O)CCc1ccc(NC(=O)c2ccnc(Br)c2)cc1. The molecule has 21 heavy (non-hydrogen) atoms. The van der Waals surface area contributed by atoms with E-state index in [9.17, 15) is 9.59 Å². The summed E-state index contributed by atoms with van der Waals surface area (Å²) in [6, 6.07) is 10.4. The van der Waals surface area contributed by atoms with Crippen LogP contribution in [0, 0.1) is 0 Å². The van der Waals surface area contributed by atoms with Crippen LogP contribution in [0.4, 0.5) is 5.69 Å². The molecule has 0 bridgehead atoms. The van der Waals surface area contributed by atoms with Crippen LogP contribution in [0.2, 0.25) is 0 Å². The molecule has 1 heterocycles. The molecular formula is C15H13BrN2O3. The average molecular weight is 349 g/mol. The Balaban J connectivity index is 2.00. The number of halogens is 1. The molecular weight excluding hydrogens is 336 g/mol. The van der Waals surface area contributed by atoms with Gasteiger partial charge >= 0.3 is 5.97 Å². The van der Waals surface area contributed by atoms with Gasteiger partial charge in [-0.25, -0.2) is 4.98 Å². The Bertz CT molecular complexity index is 656.